The maximum Gasteiger partial charge on any atom is 0.267 e. The summed E-state index contributed by atoms with van der Waals surface area (Å²) in [4.78, 5) is 14.3. The van der Waals surface area contributed by atoms with Crippen LogP contribution in [-0.4, -0.2) is 47.9 Å². The summed E-state index contributed by atoms with van der Waals surface area (Å²) in [6.07, 6.45) is 7.61. The second-order valence-electron chi connectivity index (χ2n) is 6.07. The maximum atomic E-state index is 11.8. The van der Waals surface area contributed by atoms with Gasteiger partial charge in [-0.05, 0) is 57.1 Å². The molecule has 0 radical (unpaired) electrons. The Hall–Kier alpha value is -1.20. The molecule has 0 spiro atoms. The maximum absolute atomic E-state index is 11.8. The molecule has 2 aliphatic rings. The van der Waals surface area contributed by atoms with Crippen LogP contribution >= 0.6 is 0 Å². The molecule has 21 heavy (non-hydrogen) atoms. The van der Waals surface area contributed by atoms with Crippen molar-refractivity contribution in [1.82, 2.24) is 15.1 Å². The molecule has 1 fully saturated rings. The number of nitrogens with zero attached hydrogens (tertiary/aromatic N) is 2. The monoisotopic (exact) mass is 291 g/mol. The van der Waals surface area contributed by atoms with Crippen LogP contribution in [0.5, 0.6) is 0 Å². The molecule has 0 atom stereocenters. The summed E-state index contributed by atoms with van der Waals surface area (Å²) >= 11 is 0. The average Bonchev–Trinajstić information content (AvgIpc) is 2.55. The second kappa shape index (κ2) is 7.18. The van der Waals surface area contributed by atoms with Crippen LogP contribution in [0.1, 0.15) is 42.5 Å². The molecule has 5 heteroatoms. The number of unbranched alkanes of at least 4 members (excludes halogenated alkanes) is 1. The summed E-state index contributed by atoms with van der Waals surface area (Å²) < 4.78 is 5.36. The Kier molecular flexibility index (Phi) is 5.04. The van der Waals surface area contributed by atoms with E-state index in [1.54, 1.807) is 0 Å². The van der Waals surface area contributed by atoms with Gasteiger partial charge in [0.2, 0.25) is 0 Å². The molecule has 1 N–H and O–H groups in total. The van der Waals surface area contributed by atoms with Crippen molar-refractivity contribution in [3.8, 4) is 0 Å². The molecule has 0 bridgehead atoms. The minimum absolute atomic E-state index is 0.0294. The number of morpholine rings is 1. The first kappa shape index (κ1) is 14.7. The smallest absolute Gasteiger partial charge is 0.267 e. The van der Waals surface area contributed by atoms with Gasteiger partial charge in [0.05, 0.1) is 18.9 Å². The minimum atomic E-state index is 0.0294. The van der Waals surface area contributed by atoms with Gasteiger partial charge in [0.25, 0.3) is 5.56 Å². The number of H-pyrrole nitrogens is 1. The SMILES string of the molecule is O=c1[nH]nc(CCCCN2CCOCC2)c2c1CCCC2. The van der Waals surface area contributed by atoms with Gasteiger partial charge >= 0.3 is 0 Å². The zero-order valence-electron chi connectivity index (χ0n) is 12.7. The Labute approximate surface area is 125 Å². The van der Waals surface area contributed by atoms with Gasteiger partial charge < -0.3 is 4.74 Å². The topological polar surface area (TPSA) is 58.2 Å². The lowest BCUT2D eigenvalue weighted by molar-refractivity contribution is 0.0372. The zero-order chi connectivity index (χ0) is 14.5. The largest absolute Gasteiger partial charge is 0.379 e. The number of aromatic nitrogens is 2. The molecular formula is C16H25N3O2. The number of hydrogen-bond acceptors (Lipinski definition) is 4. The minimum Gasteiger partial charge on any atom is -0.379 e. The van der Waals surface area contributed by atoms with E-state index >= 15 is 0 Å². The van der Waals surface area contributed by atoms with Crippen LogP contribution in [-0.2, 0) is 24.0 Å². The molecular weight excluding hydrogens is 266 g/mol. The molecule has 1 aromatic heterocycles. The van der Waals surface area contributed by atoms with Gasteiger partial charge in [0.15, 0.2) is 0 Å². The summed E-state index contributed by atoms with van der Waals surface area (Å²) in [5, 5.41) is 6.99. The van der Waals surface area contributed by atoms with E-state index in [0.717, 1.165) is 76.2 Å². The summed E-state index contributed by atoms with van der Waals surface area (Å²) in [5.74, 6) is 0. The van der Waals surface area contributed by atoms with E-state index in [2.05, 4.69) is 15.1 Å². The van der Waals surface area contributed by atoms with Crippen molar-refractivity contribution in [3.63, 3.8) is 0 Å². The van der Waals surface area contributed by atoms with Crippen molar-refractivity contribution in [2.24, 2.45) is 0 Å². The van der Waals surface area contributed by atoms with Crippen LogP contribution in [0.2, 0.25) is 0 Å². The molecule has 5 nitrogen and oxygen atoms in total. The van der Waals surface area contributed by atoms with Crippen molar-refractivity contribution >= 4 is 0 Å². The third kappa shape index (κ3) is 3.71. The molecule has 0 aromatic carbocycles. The number of hydrogen-bond donors (Lipinski definition) is 1. The third-order valence-corrected chi connectivity index (χ3v) is 4.62. The van der Waals surface area contributed by atoms with Crippen LogP contribution in [0.25, 0.3) is 0 Å². The molecule has 1 saturated heterocycles. The van der Waals surface area contributed by atoms with Crippen LogP contribution < -0.4 is 5.56 Å². The predicted molar refractivity (Wildman–Crippen MR) is 81.7 cm³/mol. The highest BCUT2D eigenvalue weighted by molar-refractivity contribution is 5.30. The zero-order valence-corrected chi connectivity index (χ0v) is 12.7. The van der Waals surface area contributed by atoms with Crippen molar-refractivity contribution in [3.05, 3.63) is 27.2 Å². The average molecular weight is 291 g/mol. The van der Waals surface area contributed by atoms with E-state index < -0.39 is 0 Å². The fourth-order valence-electron chi connectivity index (χ4n) is 3.39. The summed E-state index contributed by atoms with van der Waals surface area (Å²) in [7, 11) is 0. The van der Waals surface area contributed by atoms with E-state index in [1.807, 2.05) is 0 Å². The number of aromatic amines is 1. The second-order valence-corrected chi connectivity index (χ2v) is 6.07. The van der Waals surface area contributed by atoms with Gasteiger partial charge in [-0.25, -0.2) is 5.10 Å². The lowest BCUT2D eigenvalue weighted by Gasteiger charge is -2.26. The first-order valence-corrected chi connectivity index (χ1v) is 8.24. The Balaban J connectivity index is 1.52. The number of rotatable bonds is 5. The van der Waals surface area contributed by atoms with Gasteiger partial charge in [0, 0.05) is 18.7 Å². The molecule has 2 heterocycles. The molecule has 1 aliphatic carbocycles. The van der Waals surface area contributed by atoms with Crippen molar-refractivity contribution in [1.29, 1.82) is 0 Å². The van der Waals surface area contributed by atoms with Gasteiger partial charge in [0.1, 0.15) is 0 Å². The fourth-order valence-corrected chi connectivity index (χ4v) is 3.39. The lowest BCUT2D eigenvalue weighted by Crippen LogP contribution is -2.36. The van der Waals surface area contributed by atoms with E-state index in [0.29, 0.717) is 0 Å². The molecule has 0 unspecified atom stereocenters. The number of aryl methyl sites for hydroxylation is 1. The normalized spacial score (nSPS) is 19.4. The van der Waals surface area contributed by atoms with Crippen LogP contribution in [0.3, 0.4) is 0 Å². The molecule has 1 aliphatic heterocycles. The van der Waals surface area contributed by atoms with Crippen LogP contribution in [0.15, 0.2) is 4.79 Å². The van der Waals surface area contributed by atoms with E-state index in [1.165, 1.54) is 18.4 Å². The fraction of sp³-hybridized carbons (Fsp3) is 0.750. The van der Waals surface area contributed by atoms with Crippen molar-refractivity contribution in [2.75, 3.05) is 32.8 Å². The van der Waals surface area contributed by atoms with Crippen LogP contribution in [0, 0.1) is 0 Å². The van der Waals surface area contributed by atoms with Gasteiger partial charge in [-0.1, -0.05) is 0 Å². The first-order chi connectivity index (χ1) is 10.3. The molecule has 0 amide bonds. The van der Waals surface area contributed by atoms with Crippen molar-refractivity contribution in [2.45, 2.75) is 44.9 Å². The highest BCUT2D eigenvalue weighted by atomic mass is 16.5. The predicted octanol–water partition coefficient (Wildman–Crippen LogP) is 1.30. The first-order valence-electron chi connectivity index (χ1n) is 8.24. The van der Waals surface area contributed by atoms with E-state index in [9.17, 15) is 4.79 Å². The standard InChI is InChI=1S/C16H25N3O2/c20-16-14-6-2-1-5-13(14)15(17-18-16)7-3-4-8-19-9-11-21-12-10-19/h1-12H2,(H,18,20). The molecule has 0 saturated carbocycles. The number of nitrogens with one attached hydrogen (secondary N) is 1. The van der Waals surface area contributed by atoms with Gasteiger partial charge in [-0.3, -0.25) is 9.69 Å². The Morgan fingerprint density at radius 1 is 1.10 bits per heavy atom. The summed E-state index contributed by atoms with van der Waals surface area (Å²) in [6.45, 7) is 5.01. The lowest BCUT2D eigenvalue weighted by atomic mass is 9.90. The molecule has 1 aromatic rings. The molecule has 3 rings (SSSR count). The number of fused-ring (bicyclic) bond motifs is 1. The van der Waals surface area contributed by atoms with Crippen molar-refractivity contribution < 1.29 is 4.74 Å². The Morgan fingerprint density at radius 3 is 2.67 bits per heavy atom. The molecule has 116 valence electrons. The van der Waals surface area contributed by atoms with E-state index in [4.69, 9.17) is 4.74 Å². The quantitative estimate of drug-likeness (QED) is 0.831. The van der Waals surface area contributed by atoms with E-state index in [-0.39, 0.29) is 5.56 Å². The Morgan fingerprint density at radius 2 is 1.86 bits per heavy atom. The summed E-state index contributed by atoms with van der Waals surface area (Å²) in [6, 6.07) is 0. The summed E-state index contributed by atoms with van der Waals surface area (Å²) in [5.41, 5.74) is 3.41. The Bertz CT molecular complexity index is 521. The third-order valence-electron chi connectivity index (χ3n) is 4.62. The highest BCUT2D eigenvalue weighted by Gasteiger charge is 2.17. The number of ether oxygens (including phenoxy) is 1. The van der Waals surface area contributed by atoms with Gasteiger partial charge in [-0.2, -0.15) is 5.10 Å². The van der Waals surface area contributed by atoms with Crippen LogP contribution in [0.4, 0.5) is 0 Å². The van der Waals surface area contributed by atoms with Gasteiger partial charge in [-0.15, -0.1) is 0 Å². The highest BCUT2D eigenvalue weighted by Crippen LogP contribution is 2.21.